The van der Waals surface area contributed by atoms with Crippen LogP contribution in [0.2, 0.25) is 0 Å². The lowest BCUT2D eigenvalue weighted by Gasteiger charge is -2.32. The molecule has 1 N–H and O–H groups in total. The lowest BCUT2D eigenvalue weighted by Crippen LogP contribution is -2.44. The molecule has 1 fully saturated rings. The monoisotopic (exact) mass is 336 g/mol. The van der Waals surface area contributed by atoms with Gasteiger partial charge in [-0.3, -0.25) is 9.59 Å². The minimum absolute atomic E-state index is 0.00333. The van der Waals surface area contributed by atoms with Crippen LogP contribution in [0.5, 0.6) is 0 Å². The van der Waals surface area contributed by atoms with E-state index in [2.05, 4.69) is 11.4 Å². The molecule has 0 saturated carbocycles. The number of hydrogen-bond acceptors (Lipinski definition) is 3. The highest BCUT2D eigenvalue weighted by atomic mass is 16.6. The third kappa shape index (κ3) is 1.76. The third-order valence-corrected chi connectivity index (χ3v) is 5.85. The van der Waals surface area contributed by atoms with Crippen molar-refractivity contribution in [2.75, 3.05) is 11.9 Å². The highest BCUT2D eigenvalue weighted by Crippen LogP contribution is 2.57. The number of carbonyl (C=O) groups is 2. The average Bonchev–Trinajstić information content (AvgIpc) is 3.11. The number of ether oxygens (including phenoxy) is 1. The molecule has 2 atom stereocenters. The predicted octanol–water partition coefficient (Wildman–Crippen LogP) is 3.01. The van der Waals surface area contributed by atoms with Gasteiger partial charge >= 0.3 is 0 Å². The molecule has 2 amide bonds. The van der Waals surface area contributed by atoms with Gasteiger partial charge in [0, 0.05) is 18.0 Å². The maximum atomic E-state index is 13.1. The predicted molar refractivity (Wildman–Crippen MR) is 94.7 cm³/mol. The fourth-order valence-corrected chi connectivity index (χ4v) is 4.53. The van der Waals surface area contributed by atoms with Crippen LogP contribution in [-0.2, 0) is 15.1 Å². The lowest BCUT2D eigenvalue weighted by atomic mass is 9.79. The van der Waals surface area contributed by atoms with Crippen LogP contribution in [0.4, 0.5) is 5.69 Å². The number of hydrogen-bond donors (Lipinski definition) is 1. The zero-order chi connectivity index (χ0) is 17.7. The summed E-state index contributed by atoms with van der Waals surface area (Å²) in [4.78, 5) is 27.2. The van der Waals surface area contributed by atoms with Crippen molar-refractivity contribution >= 4 is 28.3 Å². The molecular formula is C20H20N2O3. The van der Waals surface area contributed by atoms with Crippen LogP contribution >= 0.6 is 0 Å². The van der Waals surface area contributed by atoms with Crippen molar-refractivity contribution in [2.45, 2.75) is 44.4 Å². The highest BCUT2D eigenvalue weighted by Gasteiger charge is 2.59. The first-order chi connectivity index (χ1) is 11.7. The van der Waals surface area contributed by atoms with Gasteiger partial charge in [0.2, 0.25) is 5.91 Å². The second-order valence-electron chi connectivity index (χ2n) is 8.11. The summed E-state index contributed by atoms with van der Waals surface area (Å²) in [6, 6.07) is 8.08. The Morgan fingerprint density at radius 1 is 1.24 bits per heavy atom. The number of anilines is 1. The van der Waals surface area contributed by atoms with E-state index >= 15 is 0 Å². The van der Waals surface area contributed by atoms with Crippen LogP contribution in [0.1, 0.15) is 54.8 Å². The first-order valence-electron chi connectivity index (χ1n) is 8.60. The Balaban J connectivity index is 1.91. The molecule has 3 heterocycles. The summed E-state index contributed by atoms with van der Waals surface area (Å²) in [5.41, 5.74) is 2.49. The van der Waals surface area contributed by atoms with Gasteiger partial charge in [-0.25, -0.2) is 0 Å². The van der Waals surface area contributed by atoms with Crippen LogP contribution in [-0.4, -0.2) is 24.5 Å². The zero-order valence-corrected chi connectivity index (χ0v) is 14.8. The van der Waals surface area contributed by atoms with Crippen molar-refractivity contribution in [3.8, 4) is 0 Å². The topological polar surface area (TPSA) is 61.9 Å². The number of rotatable bonds is 0. The maximum absolute atomic E-state index is 13.1. The van der Waals surface area contributed by atoms with Gasteiger partial charge in [0.1, 0.15) is 11.7 Å². The van der Waals surface area contributed by atoms with Gasteiger partial charge in [0.25, 0.3) is 5.91 Å². The highest BCUT2D eigenvalue weighted by molar-refractivity contribution is 6.26. The van der Waals surface area contributed by atoms with Gasteiger partial charge < -0.3 is 15.0 Å². The van der Waals surface area contributed by atoms with Crippen LogP contribution in [0.15, 0.2) is 24.3 Å². The summed E-state index contributed by atoms with van der Waals surface area (Å²) in [6.07, 6.45) is 0.0969. The van der Waals surface area contributed by atoms with Crippen molar-refractivity contribution < 1.29 is 14.3 Å². The second-order valence-corrected chi connectivity index (χ2v) is 8.11. The number of nitrogens with zero attached hydrogens (tertiary/aromatic N) is 1. The van der Waals surface area contributed by atoms with Crippen LogP contribution in [0.25, 0.3) is 10.8 Å². The molecule has 2 aromatic carbocycles. The SMILES string of the molecule is CN1C(=O)c2c3c(cc4cccc1c24)C(C)(C)NC(=O)C[C@]1(C)O[C@H]31. The number of amides is 2. The van der Waals surface area contributed by atoms with E-state index in [-0.39, 0.29) is 17.9 Å². The summed E-state index contributed by atoms with van der Waals surface area (Å²) in [5.74, 6) is -0.0158. The minimum Gasteiger partial charge on any atom is -0.361 e. The van der Waals surface area contributed by atoms with Gasteiger partial charge in [-0.15, -0.1) is 0 Å². The molecule has 0 radical (unpaired) electrons. The summed E-state index contributed by atoms with van der Waals surface area (Å²) in [7, 11) is 1.81. The number of nitrogens with one attached hydrogen (secondary N) is 1. The fourth-order valence-electron chi connectivity index (χ4n) is 4.53. The largest absolute Gasteiger partial charge is 0.361 e. The lowest BCUT2D eigenvalue weighted by molar-refractivity contribution is -0.123. The van der Waals surface area contributed by atoms with E-state index in [1.807, 2.05) is 46.0 Å². The zero-order valence-electron chi connectivity index (χ0n) is 14.8. The Hall–Kier alpha value is -2.40. The number of epoxide rings is 1. The molecule has 3 aliphatic heterocycles. The van der Waals surface area contributed by atoms with E-state index in [4.69, 9.17) is 4.74 Å². The molecule has 1 saturated heterocycles. The van der Waals surface area contributed by atoms with Crippen LogP contribution in [0.3, 0.4) is 0 Å². The molecule has 0 unspecified atom stereocenters. The minimum atomic E-state index is -0.568. The summed E-state index contributed by atoms with van der Waals surface area (Å²) >= 11 is 0. The summed E-state index contributed by atoms with van der Waals surface area (Å²) in [6.45, 7) is 5.92. The van der Waals surface area contributed by atoms with Gasteiger partial charge in [-0.2, -0.15) is 0 Å². The van der Waals surface area contributed by atoms with Gasteiger partial charge in [-0.05, 0) is 43.9 Å². The number of benzene rings is 2. The molecular weight excluding hydrogens is 316 g/mol. The van der Waals surface area contributed by atoms with Crippen molar-refractivity contribution in [3.63, 3.8) is 0 Å². The molecule has 25 heavy (non-hydrogen) atoms. The Morgan fingerprint density at radius 3 is 2.76 bits per heavy atom. The van der Waals surface area contributed by atoms with E-state index in [0.717, 1.165) is 33.2 Å². The Morgan fingerprint density at radius 2 is 2.00 bits per heavy atom. The molecule has 0 spiro atoms. The van der Waals surface area contributed by atoms with Gasteiger partial charge in [0.15, 0.2) is 0 Å². The van der Waals surface area contributed by atoms with Crippen molar-refractivity contribution in [3.05, 3.63) is 41.0 Å². The molecule has 5 rings (SSSR count). The second kappa shape index (κ2) is 4.22. The van der Waals surface area contributed by atoms with Crippen molar-refractivity contribution in [2.24, 2.45) is 0 Å². The normalized spacial score (nSPS) is 29.0. The summed E-state index contributed by atoms with van der Waals surface area (Å²) in [5, 5.41) is 5.13. The van der Waals surface area contributed by atoms with E-state index in [0.29, 0.717) is 6.42 Å². The summed E-state index contributed by atoms with van der Waals surface area (Å²) < 4.78 is 5.98. The van der Waals surface area contributed by atoms with Crippen LogP contribution in [0, 0.1) is 0 Å². The quantitative estimate of drug-likeness (QED) is 0.752. The van der Waals surface area contributed by atoms with Crippen LogP contribution < -0.4 is 10.2 Å². The molecule has 2 aromatic rings. The molecule has 0 aliphatic carbocycles. The first-order valence-corrected chi connectivity index (χ1v) is 8.60. The van der Waals surface area contributed by atoms with Gasteiger partial charge in [0.05, 0.1) is 23.2 Å². The first kappa shape index (κ1) is 14.9. The van der Waals surface area contributed by atoms with Gasteiger partial charge in [-0.1, -0.05) is 12.1 Å². The number of carbonyl (C=O) groups excluding carboxylic acids is 2. The molecule has 5 heteroatoms. The molecule has 0 aromatic heterocycles. The maximum Gasteiger partial charge on any atom is 0.259 e. The standard InChI is InChI=1S/C20H20N2O3/c1-19(2)11-8-10-6-5-7-12-14(10)16(18(24)22(12)4)15(11)17-20(3,25-17)9-13(23)21-19/h5-8,17H,9H2,1-4H3,(H,21,23)/t17-,20+/m1/s1. The van der Waals surface area contributed by atoms with Crippen molar-refractivity contribution in [1.82, 2.24) is 5.32 Å². The third-order valence-electron chi connectivity index (χ3n) is 5.85. The fraction of sp³-hybridized carbons (Fsp3) is 0.400. The van der Waals surface area contributed by atoms with E-state index in [9.17, 15) is 9.59 Å². The number of fused-ring (bicyclic) bond motifs is 4. The molecule has 0 bridgehead atoms. The van der Waals surface area contributed by atoms with E-state index in [1.54, 1.807) is 4.90 Å². The molecule has 5 nitrogen and oxygen atoms in total. The molecule has 128 valence electrons. The average molecular weight is 336 g/mol. The van der Waals surface area contributed by atoms with Crippen molar-refractivity contribution in [1.29, 1.82) is 0 Å². The molecule has 3 aliphatic rings. The smallest absolute Gasteiger partial charge is 0.259 e. The Labute approximate surface area is 145 Å². The van der Waals surface area contributed by atoms with E-state index in [1.165, 1.54) is 0 Å². The Kier molecular flexibility index (Phi) is 2.52. The van der Waals surface area contributed by atoms with E-state index < -0.39 is 11.1 Å². The Bertz CT molecular complexity index is 994.